The fourth-order valence-electron chi connectivity index (χ4n) is 1.94. The quantitative estimate of drug-likeness (QED) is 0.647. The second-order valence-corrected chi connectivity index (χ2v) is 6.90. The minimum atomic E-state index is -2.89. The lowest BCUT2D eigenvalue weighted by molar-refractivity contribution is -0.137. The molecule has 1 rings (SSSR count). The third-order valence-corrected chi connectivity index (χ3v) is 4.80. The van der Waals surface area contributed by atoms with Crippen LogP contribution in [-0.2, 0) is 19.4 Å². The Morgan fingerprint density at radius 2 is 1.89 bits per heavy atom. The van der Waals surface area contributed by atoms with Crippen molar-refractivity contribution in [2.45, 2.75) is 32.1 Å². The van der Waals surface area contributed by atoms with Crippen LogP contribution in [0.15, 0.2) is 0 Å². The van der Waals surface area contributed by atoms with Crippen LogP contribution in [0.2, 0.25) is 0 Å². The maximum atomic E-state index is 11.4. The molecule has 2 N–H and O–H groups in total. The number of hydrogen-bond donors (Lipinski definition) is 2. The van der Waals surface area contributed by atoms with E-state index in [9.17, 15) is 18.0 Å². The Hall–Kier alpha value is -1.11. The Balaban J connectivity index is 2.09. The number of nitrogens with one attached hydrogen (secondary N) is 1. The number of carbonyl (C=O) groups excluding carboxylic acids is 1. The van der Waals surface area contributed by atoms with Gasteiger partial charge in [-0.15, -0.1) is 0 Å². The largest absolute Gasteiger partial charge is 0.481 e. The summed E-state index contributed by atoms with van der Waals surface area (Å²) in [6, 6.07) is 0. The van der Waals surface area contributed by atoms with Gasteiger partial charge >= 0.3 is 5.97 Å². The van der Waals surface area contributed by atoms with Gasteiger partial charge in [-0.25, -0.2) is 8.42 Å². The summed E-state index contributed by atoms with van der Waals surface area (Å²) in [5.41, 5.74) is 0. The van der Waals surface area contributed by atoms with Gasteiger partial charge in [-0.1, -0.05) is 0 Å². The predicted octanol–water partition coefficient (Wildman–Crippen LogP) is 0.182. The van der Waals surface area contributed by atoms with Crippen LogP contribution in [0.4, 0.5) is 0 Å². The Bertz CT molecular complexity index is 404. The van der Waals surface area contributed by atoms with Gasteiger partial charge < -0.3 is 10.4 Å². The second kappa shape index (κ2) is 6.72. The molecule has 0 saturated carbocycles. The van der Waals surface area contributed by atoms with Crippen molar-refractivity contribution in [2.24, 2.45) is 5.92 Å². The van der Waals surface area contributed by atoms with Crippen LogP contribution in [0.25, 0.3) is 0 Å². The molecular weight excluding hydrogens is 258 g/mol. The van der Waals surface area contributed by atoms with Crippen molar-refractivity contribution in [2.75, 3.05) is 18.1 Å². The molecule has 6 nitrogen and oxygen atoms in total. The van der Waals surface area contributed by atoms with E-state index in [0.29, 0.717) is 32.2 Å². The van der Waals surface area contributed by atoms with E-state index in [1.165, 1.54) is 0 Å². The molecule has 1 aliphatic heterocycles. The Morgan fingerprint density at radius 3 is 2.44 bits per heavy atom. The number of unbranched alkanes of at least 4 members (excludes halogenated alkanes) is 1. The number of aliphatic carboxylic acids is 1. The monoisotopic (exact) mass is 277 g/mol. The molecule has 0 spiro atoms. The van der Waals surface area contributed by atoms with Gasteiger partial charge in [0.25, 0.3) is 0 Å². The summed E-state index contributed by atoms with van der Waals surface area (Å²) in [5, 5.41) is 11.1. The smallest absolute Gasteiger partial charge is 0.303 e. The molecule has 0 bridgehead atoms. The van der Waals surface area contributed by atoms with E-state index in [0.717, 1.165) is 0 Å². The van der Waals surface area contributed by atoms with Gasteiger partial charge in [-0.2, -0.15) is 0 Å². The summed E-state index contributed by atoms with van der Waals surface area (Å²) in [6.45, 7) is 0.400. The van der Waals surface area contributed by atoms with Gasteiger partial charge in [-0.3, -0.25) is 9.59 Å². The van der Waals surface area contributed by atoms with Gasteiger partial charge in [0.2, 0.25) is 5.91 Å². The number of amides is 1. The SMILES string of the molecule is O=C(O)CCCCC(=O)NCC1CCS(=O)(=O)C1. The van der Waals surface area contributed by atoms with E-state index in [2.05, 4.69) is 5.32 Å². The normalized spacial score (nSPS) is 21.7. The molecular formula is C11H19NO5S. The van der Waals surface area contributed by atoms with E-state index in [-0.39, 0.29) is 29.8 Å². The third-order valence-electron chi connectivity index (χ3n) is 2.96. The molecule has 1 unspecified atom stereocenters. The molecule has 1 fully saturated rings. The summed E-state index contributed by atoms with van der Waals surface area (Å²) in [4.78, 5) is 21.6. The van der Waals surface area contributed by atoms with E-state index < -0.39 is 15.8 Å². The van der Waals surface area contributed by atoms with Crippen LogP contribution < -0.4 is 5.32 Å². The first-order valence-corrected chi connectivity index (χ1v) is 7.90. The zero-order chi connectivity index (χ0) is 13.6. The summed E-state index contributed by atoms with van der Waals surface area (Å²) < 4.78 is 22.4. The van der Waals surface area contributed by atoms with E-state index in [1.54, 1.807) is 0 Å². The molecule has 18 heavy (non-hydrogen) atoms. The molecule has 7 heteroatoms. The number of sulfone groups is 1. The molecule has 1 saturated heterocycles. The Morgan fingerprint density at radius 1 is 1.22 bits per heavy atom. The van der Waals surface area contributed by atoms with Crippen molar-refractivity contribution in [3.8, 4) is 0 Å². The topological polar surface area (TPSA) is 101 Å². The zero-order valence-corrected chi connectivity index (χ0v) is 11.0. The van der Waals surface area contributed by atoms with Crippen LogP contribution in [0.3, 0.4) is 0 Å². The summed E-state index contributed by atoms with van der Waals surface area (Å²) in [7, 11) is -2.89. The minimum Gasteiger partial charge on any atom is -0.481 e. The van der Waals surface area contributed by atoms with Gasteiger partial charge in [0.05, 0.1) is 11.5 Å². The minimum absolute atomic E-state index is 0.0259. The van der Waals surface area contributed by atoms with Crippen molar-refractivity contribution in [3.05, 3.63) is 0 Å². The molecule has 104 valence electrons. The lowest BCUT2D eigenvalue weighted by Gasteiger charge is -2.09. The average Bonchev–Trinajstić information content (AvgIpc) is 2.61. The van der Waals surface area contributed by atoms with Crippen molar-refractivity contribution in [3.63, 3.8) is 0 Å². The maximum Gasteiger partial charge on any atom is 0.303 e. The number of rotatable bonds is 7. The van der Waals surface area contributed by atoms with E-state index in [4.69, 9.17) is 5.11 Å². The molecule has 0 aromatic heterocycles. The van der Waals surface area contributed by atoms with Gasteiger partial charge in [-0.05, 0) is 25.2 Å². The first kappa shape index (κ1) is 14.9. The van der Waals surface area contributed by atoms with E-state index in [1.807, 2.05) is 0 Å². The molecule has 0 aliphatic carbocycles. The molecule has 1 atom stereocenters. The second-order valence-electron chi connectivity index (χ2n) is 4.67. The number of carboxylic acid groups (broad SMARTS) is 1. The molecule has 1 aliphatic rings. The molecule has 0 aromatic rings. The number of hydrogen-bond acceptors (Lipinski definition) is 4. The number of carbonyl (C=O) groups is 2. The van der Waals surface area contributed by atoms with Crippen LogP contribution in [0.1, 0.15) is 32.1 Å². The van der Waals surface area contributed by atoms with Crippen molar-refractivity contribution >= 4 is 21.7 Å². The first-order valence-electron chi connectivity index (χ1n) is 6.08. The van der Waals surface area contributed by atoms with Crippen LogP contribution in [0, 0.1) is 5.92 Å². The van der Waals surface area contributed by atoms with Crippen LogP contribution in [0.5, 0.6) is 0 Å². The lowest BCUT2D eigenvalue weighted by Crippen LogP contribution is -2.29. The maximum absolute atomic E-state index is 11.4. The highest BCUT2D eigenvalue weighted by atomic mass is 32.2. The first-order chi connectivity index (χ1) is 8.39. The van der Waals surface area contributed by atoms with Gasteiger partial charge in [0.15, 0.2) is 9.84 Å². The molecule has 0 aromatic carbocycles. The number of carboxylic acids is 1. The van der Waals surface area contributed by atoms with Crippen LogP contribution in [-0.4, -0.2) is 43.5 Å². The van der Waals surface area contributed by atoms with Crippen molar-refractivity contribution < 1.29 is 23.1 Å². The summed E-state index contributed by atoms with van der Waals surface area (Å²) in [5.74, 6) is -0.590. The summed E-state index contributed by atoms with van der Waals surface area (Å²) >= 11 is 0. The van der Waals surface area contributed by atoms with Crippen molar-refractivity contribution in [1.29, 1.82) is 0 Å². The zero-order valence-electron chi connectivity index (χ0n) is 10.2. The highest BCUT2D eigenvalue weighted by Crippen LogP contribution is 2.17. The van der Waals surface area contributed by atoms with Crippen LogP contribution >= 0.6 is 0 Å². The third kappa shape index (κ3) is 6.00. The van der Waals surface area contributed by atoms with Gasteiger partial charge in [0, 0.05) is 19.4 Å². The lowest BCUT2D eigenvalue weighted by atomic mass is 10.1. The molecule has 1 heterocycles. The van der Waals surface area contributed by atoms with E-state index >= 15 is 0 Å². The van der Waals surface area contributed by atoms with Crippen molar-refractivity contribution in [1.82, 2.24) is 5.32 Å². The molecule has 1 amide bonds. The molecule has 0 radical (unpaired) electrons. The predicted molar refractivity (Wildman–Crippen MR) is 65.9 cm³/mol. The van der Waals surface area contributed by atoms with Gasteiger partial charge in [0.1, 0.15) is 0 Å². The standard InChI is InChI=1S/C11H19NO5S/c13-10(3-1-2-4-11(14)15)12-7-9-5-6-18(16,17)8-9/h9H,1-8H2,(H,12,13)(H,14,15). The Labute approximate surface area is 107 Å². The summed E-state index contributed by atoms with van der Waals surface area (Å²) in [6.07, 6.45) is 2.02. The highest BCUT2D eigenvalue weighted by Gasteiger charge is 2.27. The fraction of sp³-hybridized carbons (Fsp3) is 0.818. The fourth-order valence-corrected chi connectivity index (χ4v) is 3.80. The Kier molecular flexibility index (Phi) is 5.58. The average molecular weight is 277 g/mol. The highest BCUT2D eigenvalue weighted by molar-refractivity contribution is 7.91.